The van der Waals surface area contributed by atoms with Gasteiger partial charge < -0.3 is 9.80 Å². The quantitative estimate of drug-likeness (QED) is 0.694. The molecule has 0 aromatic carbocycles. The normalized spacial score (nSPS) is 25.8. The number of rotatable bonds is 1. The molecule has 2 aliphatic rings. The lowest BCUT2D eigenvalue weighted by atomic mass is 9.71. The first kappa shape index (κ1) is 15.0. The van der Waals surface area contributed by atoms with Gasteiger partial charge in [0.25, 0.3) is 0 Å². The van der Waals surface area contributed by atoms with Gasteiger partial charge >= 0.3 is 0 Å². The third-order valence-electron chi connectivity index (χ3n) is 4.64. The minimum atomic E-state index is 0.720. The van der Waals surface area contributed by atoms with Gasteiger partial charge in [-0.05, 0) is 78.2 Å². The van der Waals surface area contributed by atoms with Gasteiger partial charge in [0, 0.05) is 6.04 Å². The molecular formula is C15H32N2. The van der Waals surface area contributed by atoms with Crippen LogP contribution in [0, 0.1) is 5.41 Å². The molecule has 0 amide bonds. The minimum absolute atomic E-state index is 0.720. The van der Waals surface area contributed by atoms with Crippen LogP contribution < -0.4 is 0 Å². The largest absolute Gasteiger partial charge is 0.306 e. The zero-order valence-electron chi connectivity index (χ0n) is 12.6. The van der Waals surface area contributed by atoms with E-state index in [4.69, 9.17) is 0 Å². The second-order valence-corrected chi connectivity index (χ2v) is 5.93. The van der Waals surface area contributed by atoms with Crippen molar-refractivity contribution in [3.63, 3.8) is 0 Å². The third-order valence-corrected chi connectivity index (χ3v) is 4.64. The molecule has 102 valence electrons. The Bertz CT molecular complexity index is 195. The van der Waals surface area contributed by atoms with Gasteiger partial charge in [-0.15, -0.1) is 0 Å². The topological polar surface area (TPSA) is 6.48 Å². The fourth-order valence-corrected chi connectivity index (χ4v) is 3.11. The van der Waals surface area contributed by atoms with Crippen LogP contribution in [-0.2, 0) is 0 Å². The molecule has 0 aliphatic carbocycles. The number of likely N-dealkylation sites (tertiary alicyclic amines) is 2. The van der Waals surface area contributed by atoms with Crippen LogP contribution in [-0.4, -0.2) is 49.1 Å². The second-order valence-electron chi connectivity index (χ2n) is 5.93. The maximum absolute atomic E-state index is 2.64. The Morgan fingerprint density at radius 3 is 1.65 bits per heavy atom. The molecule has 0 aromatic rings. The van der Waals surface area contributed by atoms with E-state index in [1.807, 2.05) is 13.8 Å². The summed E-state index contributed by atoms with van der Waals surface area (Å²) in [6.45, 7) is 14.0. The van der Waals surface area contributed by atoms with Gasteiger partial charge in [-0.1, -0.05) is 13.8 Å². The average Bonchev–Trinajstić information content (AvgIpc) is 2.36. The van der Waals surface area contributed by atoms with Crippen molar-refractivity contribution in [2.24, 2.45) is 5.41 Å². The van der Waals surface area contributed by atoms with Crippen LogP contribution in [0.1, 0.15) is 53.4 Å². The maximum Gasteiger partial charge on any atom is 0.00385 e. The Hall–Kier alpha value is -0.0800. The molecule has 2 fully saturated rings. The summed E-state index contributed by atoms with van der Waals surface area (Å²) < 4.78 is 0. The smallest absolute Gasteiger partial charge is 0.00385 e. The molecule has 0 unspecified atom stereocenters. The highest BCUT2D eigenvalue weighted by Gasteiger charge is 2.36. The van der Waals surface area contributed by atoms with Crippen molar-refractivity contribution in [1.82, 2.24) is 9.80 Å². The molecule has 0 radical (unpaired) electrons. The molecule has 2 nitrogen and oxygen atoms in total. The van der Waals surface area contributed by atoms with Crippen LogP contribution in [0.4, 0.5) is 0 Å². The van der Waals surface area contributed by atoms with Gasteiger partial charge in [0.1, 0.15) is 0 Å². The third kappa shape index (κ3) is 3.96. The van der Waals surface area contributed by atoms with Gasteiger partial charge in [0.2, 0.25) is 0 Å². The number of piperidine rings is 2. The molecule has 2 rings (SSSR count). The van der Waals surface area contributed by atoms with Crippen molar-refractivity contribution in [1.29, 1.82) is 0 Å². The monoisotopic (exact) mass is 240 g/mol. The standard InChI is InChI=1S/C13H26N2.C2H6/c1-12(2)15-10-6-13(7-11-15)4-8-14(3)9-5-13;1-2/h12H,4-11H2,1-3H3;1-2H3. The SMILES string of the molecule is CC.CC(C)N1CCC2(CCN(C)CC2)CC1. The van der Waals surface area contributed by atoms with E-state index in [9.17, 15) is 0 Å². The molecule has 1 spiro atoms. The van der Waals surface area contributed by atoms with E-state index >= 15 is 0 Å². The van der Waals surface area contributed by atoms with E-state index < -0.39 is 0 Å². The van der Waals surface area contributed by atoms with Crippen molar-refractivity contribution in [2.75, 3.05) is 33.2 Å². The fourth-order valence-electron chi connectivity index (χ4n) is 3.11. The highest BCUT2D eigenvalue weighted by Crippen LogP contribution is 2.41. The molecule has 0 aromatic heterocycles. The predicted molar refractivity (Wildman–Crippen MR) is 76.5 cm³/mol. The van der Waals surface area contributed by atoms with E-state index in [1.54, 1.807) is 0 Å². The van der Waals surface area contributed by atoms with Crippen LogP contribution >= 0.6 is 0 Å². The lowest BCUT2D eigenvalue weighted by molar-refractivity contribution is 0.0319. The Labute approximate surface area is 108 Å². The number of hydrogen-bond acceptors (Lipinski definition) is 2. The summed E-state index contributed by atoms with van der Waals surface area (Å²) in [4.78, 5) is 5.13. The molecule has 2 saturated heterocycles. The summed E-state index contributed by atoms with van der Waals surface area (Å²) in [5, 5.41) is 0. The maximum atomic E-state index is 2.64. The zero-order chi connectivity index (χ0) is 12.9. The molecule has 2 aliphatic heterocycles. The van der Waals surface area contributed by atoms with E-state index in [1.165, 1.54) is 51.9 Å². The van der Waals surface area contributed by atoms with E-state index in [2.05, 4.69) is 30.7 Å². The average molecular weight is 240 g/mol. The molecule has 0 saturated carbocycles. The van der Waals surface area contributed by atoms with Crippen molar-refractivity contribution >= 4 is 0 Å². The summed E-state index contributed by atoms with van der Waals surface area (Å²) in [5.41, 5.74) is 0.720. The van der Waals surface area contributed by atoms with Gasteiger partial charge in [-0.3, -0.25) is 0 Å². The van der Waals surface area contributed by atoms with Crippen LogP contribution in [0.2, 0.25) is 0 Å². The Balaban J connectivity index is 0.000000686. The first-order valence-corrected chi connectivity index (χ1v) is 7.54. The summed E-state index contributed by atoms with van der Waals surface area (Å²) in [5.74, 6) is 0. The van der Waals surface area contributed by atoms with E-state index in [0.717, 1.165) is 11.5 Å². The first-order chi connectivity index (χ1) is 8.11. The summed E-state index contributed by atoms with van der Waals surface area (Å²) in [6, 6.07) is 0.744. The highest BCUT2D eigenvalue weighted by atomic mass is 15.2. The van der Waals surface area contributed by atoms with E-state index in [-0.39, 0.29) is 0 Å². The minimum Gasteiger partial charge on any atom is -0.306 e. The van der Waals surface area contributed by atoms with Crippen LogP contribution in [0.5, 0.6) is 0 Å². The molecule has 0 bridgehead atoms. The summed E-state index contributed by atoms with van der Waals surface area (Å²) >= 11 is 0. The van der Waals surface area contributed by atoms with Crippen molar-refractivity contribution in [3.05, 3.63) is 0 Å². The van der Waals surface area contributed by atoms with Crippen LogP contribution in [0.25, 0.3) is 0 Å². The summed E-state index contributed by atoms with van der Waals surface area (Å²) in [7, 11) is 2.26. The fraction of sp³-hybridized carbons (Fsp3) is 1.00. The molecule has 2 heterocycles. The van der Waals surface area contributed by atoms with Crippen molar-refractivity contribution in [2.45, 2.75) is 59.4 Å². The molecule has 2 heteroatoms. The summed E-state index contributed by atoms with van der Waals surface area (Å²) in [6.07, 6.45) is 5.77. The van der Waals surface area contributed by atoms with Crippen LogP contribution in [0.15, 0.2) is 0 Å². The molecule has 0 atom stereocenters. The Kier molecular flexibility index (Phi) is 5.94. The highest BCUT2D eigenvalue weighted by molar-refractivity contribution is 4.90. The van der Waals surface area contributed by atoms with Gasteiger partial charge in [0.15, 0.2) is 0 Å². The zero-order valence-corrected chi connectivity index (χ0v) is 12.6. The van der Waals surface area contributed by atoms with Crippen LogP contribution in [0.3, 0.4) is 0 Å². The van der Waals surface area contributed by atoms with E-state index in [0.29, 0.717) is 0 Å². The van der Waals surface area contributed by atoms with Gasteiger partial charge in [0.05, 0.1) is 0 Å². The Morgan fingerprint density at radius 1 is 0.824 bits per heavy atom. The molecule has 0 N–H and O–H groups in total. The number of nitrogens with zero attached hydrogens (tertiary/aromatic N) is 2. The lowest BCUT2D eigenvalue weighted by Gasteiger charge is -2.47. The molecular weight excluding hydrogens is 208 g/mol. The lowest BCUT2D eigenvalue weighted by Crippen LogP contribution is -2.47. The first-order valence-electron chi connectivity index (χ1n) is 7.54. The van der Waals surface area contributed by atoms with Crippen molar-refractivity contribution in [3.8, 4) is 0 Å². The van der Waals surface area contributed by atoms with Gasteiger partial charge in [-0.25, -0.2) is 0 Å². The number of hydrogen-bond donors (Lipinski definition) is 0. The predicted octanol–water partition coefficient (Wildman–Crippen LogP) is 3.23. The molecule has 17 heavy (non-hydrogen) atoms. The second kappa shape index (κ2) is 6.75. The van der Waals surface area contributed by atoms with Gasteiger partial charge in [-0.2, -0.15) is 0 Å². The Morgan fingerprint density at radius 2 is 1.24 bits per heavy atom. The van der Waals surface area contributed by atoms with Crippen molar-refractivity contribution < 1.29 is 0 Å².